The Bertz CT molecular complexity index is 718. The summed E-state index contributed by atoms with van der Waals surface area (Å²) in [6, 6.07) is 9.10. The molecule has 0 saturated heterocycles. The fourth-order valence-corrected chi connectivity index (χ4v) is 3.22. The lowest BCUT2D eigenvalue weighted by atomic mass is 10.2. The zero-order valence-electron chi connectivity index (χ0n) is 12.1. The maximum atomic E-state index is 11.9. The topological polar surface area (TPSA) is 62.6 Å². The Morgan fingerprint density at radius 3 is 2.57 bits per heavy atom. The molecule has 0 amide bonds. The molecule has 0 fully saturated rings. The number of aryl methyl sites for hydroxylation is 1. The molecule has 1 heterocycles. The van der Waals surface area contributed by atoms with Crippen LogP contribution in [0.25, 0.3) is 0 Å². The number of rotatable bonds is 5. The van der Waals surface area contributed by atoms with E-state index in [9.17, 15) is 8.42 Å². The van der Waals surface area contributed by atoms with Crippen molar-refractivity contribution in [2.45, 2.75) is 18.6 Å². The second kappa shape index (κ2) is 6.21. The number of anilines is 1. The molecule has 2 rings (SSSR count). The highest BCUT2D eigenvalue weighted by Gasteiger charge is 2.21. The van der Waals surface area contributed by atoms with Crippen molar-refractivity contribution >= 4 is 31.6 Å². The first-order valence-electron chi connectivity index (χ1n) is 6.31. The second-order valence-electron chi connectivity index (χ2n) is 4.88. The van der Waals surface area contributed by atoms with E-state index < -0.39 is 10.0 Å². The van der Waals surface area contributed by atoms with Crippen LogP contribution in [0.5, 0.6) is 0 Å². The van der Waals surface area contributed by atoms with Gasteiger partial charge in [0, 0.05) is 24.3 Å². The van der Waals surface area contributed by atoms with Crippen LogP contribution in [0.4, 0.5) is 5.69 Å². The minimum Gasteiger partial charge on any atom is -0.446 e. The van der Waals surface area contributed by atoms with E-state index in [0.29, 0.717) is 12.3 Å². The number of hydrogen-bond donors (Lipinski definition) is 1. The summed E-state index contributed by atoms with van der Waals surface area (Å²) in [5, 5.41) is 3.16. The molecule has 5 nitrogen and oxygen atoms in total. The smallest absolute Gasteiger partial charge is 0.275 e. The van der Waals surface area contributed by atoms with E-state index in [2.05, 4.69) is 21.2 Å². The molecule has 0 aliphatic rings. The molecule has 1 aromatic heterocycles. The molecule has 7 heteroatoms. The minimum atomic E-state index is -3.52. The number of benzene rings is 1. The lowest BCUT2D eigenvalue weighted by molar-refractivity contribution is 0.402. The van der Waals surface area contributed by atoms with Crippen LogP contribution in [0, 0.1) is 6.92 Å². The molecule has 0 saturated carbocycles. The van der Waals surface area contributed by atoms with Gasteiger partial charge in [-0.05, 0) is 42.8 Å². The molecule has 0 aliphatic carbocycles. The van der Waals surface area contributed by atoms with Crippen molar-refractivity contribution in [3.63, 3.8) is 0 Å². The molecule has 1 aromatic carbocycles. The summed E-state index contributed by atoms with van der Waals surface area (Å²) in [5.41, 5.74) is 2.07. The third-order valence-electron chi connectivity index (χ3n) is 2.88. The standard InChI is InChI=1S/C14H17BrN2O3S/c1-10-6-11(15)8-12(7-10)16-9-13-4-5-14(20-13)21(18,19)17(2)3/h4-8,16H,9H2,1-3H3. The Balaban J connectivity index is 2.10. The highest BCUT2D eigenvalue weighted by molar-refractivity contribution is 9.10. The van der Waals surface area contributed by atoms with Crippen molar-refractivity contribution in [1.29, 1.82) is 0 Å². The van der Waals surface area contributed by atoms with Gasteiger partial charge in [-0.25, -0.2) is 12.7 Å². The number of sulfonamides is 1. The Morgan fingerprint density at radius 2 is 1.95 bits per heavy atom. The molecule has 0 unspecified atom stereocenters. The Kier molecular flexibility index (Phi) is 4.75. The molecule has 114 valence electrons. The van der Waals surface area contributed by atoms with Crippen LogP contribution in [0.15, 0.2) is 44.3 Å². The third-order valence-corrected chi connectivity index (χ3v) is 5.03. The van der Waals surface area contributed by atoms with Crippen LogP contribution in [-0.2, 0) is 16.6 Å². The summed E-state index contributed by atoms with van der Waals surface area (Å²) < 4.78 is 31.3. The highest BCUT2D eigenvalue weighted by Crippen LogP contribution is 2.21. The summed E-state index contributed by atoms with van der Waals surface area (Å²) >= 11 is 3.44. The number of nitrogens with one attached hydrogen (secondary N) is 1. The summed E-state index contributed by atoms with van der Waals surface area (Å²) in [5.74, 6) is 0.563. The van der Waals surface area contributed by atoms with Gasteiger partial charge in [-0.1, -0.05) is 15.9 Å². The zero-order chi connectivity index (χ0) is 15.6. The summed E-state index contributed by atoms with van der Waals surface area (Å²) in [4.78, 5) is 0. The van der Waals surface area contributed by atoms with Gasteiger partial charge in [-0.2, -0.15) is 0 Å². The van der Waals surface area contributed by atoms with Crippen molar-refractivity contribution in [3.8, 4) is 0 Å². The molecule has 1 N–H and O–H groups in total. The van der Waals surface area contributed by atoms with Crippen molar-refractivity contribution in [2.75, 3.05) is 19.4 Å². The van der Waals surface area contributed by atoms with Crippen molar-refractivity contribution in [3.05, 3.63) is 46.1 Å². The number of hydrogen-bond acceptors (Lipinski definition) is 4. The Labute approximate surface area is 133 Å². The molecule has 0 radical (unpaired) electrons. The summed E-state index contributed by atoms with van der Waals surface area (Å²) in [6.07, 6.45) is 0. The molecule has 0 bridgehead atoms. The average Bonchev–Trinajstić information content (AvgIpc) is 2.84. The van der Waals surface area contributed by atoms with Crippen molar-refractivity contribution in [2.24, 2.45) is 0 Å². The van der Waals surface area contributed by atoms with Crippen LogP contribution in [-0.4, -0.2) is 26.8 Å². The fraction of sp³-hybridized carbons (Fsp3) is 0.286. The van der Waals surface area contributed by atoms with Crippen molar-refractivity contribution < 1.29 is 12.8 Å². The van der Waals surface area contributed by atoms with E-state index in [-0.39, 0.29) is 5.09 Å². The van der Waals surface area contributed by atoms with E-state index in [1.54, 1.807) is 6.07 Å². The fourth-order valence-electron chi connectivity index (χ4n) is 1.80. The first-order valence-corrected chi connectivity index (χ1v) is 8.54. The number of furan rings is 1. The lowest BCUT2D eigenvalue weighted by Crippen LogP contribution is -2.21. The molecule has 21 heavy (non-hydrogen) atoms. The Morgan fingerprint density at radius 1 is 1.24 bits per heavy atom. The van der Waals surface area contributed by atoms with Gasteiger partial charge in [0.2, 0.25) is 5.09 Å². The van der Waals surface area contributed by atoms with Crippen LogP contribution < -0.4 is 5.32 Å². The van der Waals surface area contributed by atoms with E-state index in [1.165, 1.54) is 20.2 Å². The second-order valence-corrected chi connectivity index (χ2v) is 7.88. The van der Waals surface area contributed by atoms with Crippen LogP contribution in [0.1, 0.15) is 11.3 Å². The zero-order valence-corrected chi connectivity index (χ0v) is 14.5. The third kappa shape index (κ3) is 3.87. The first kappa shape index (κ1) is 16.1. The predicted octanol–water partition coefficient (Wildman–Crippen LogP) is 3.21. The molecule has 0 atom stereocenters. The quantitative estimate of drug-likeness (QED) is 0.874. The highest BCUT2D eigenvalue weighted by atomic mass is 79.9. The van der Waals surface area contributed by atoms with E-state index in [4.69, 9.17) is 4.42 Å². The van der Waals surface area contributed by atoms with Crippen LogP contribution in [0.2, 0.25) is 0 Å². The van der Waals surface area contributed by atoms with Gasteiger partial charge < -0.3 is 9.73 Å². The maximum Gasteiger partial charge on any atom is 0.275 e. The minimum absolute atomic E-state index is 0.0466. The van der Waals surface area contributed by atoms with Gasteiger partial charge >= 0.3 is 0 Å². The molecule has 2 aromatic rings. The Hall–Kier alpha value is -1.31. The van der Waals surface area contributed by atoms with Gasteiger partial charge in [-0.3, -0.25) is 0 Å². The normalized spacial score (nSPS) is 11.9. The monoisotopic (exact) mass is 372 g/mol. The largest absolute Gasteiger partial charge is 0.446 e. The molecular weight excluding hydrogens is 356 g/mol. The first-order chi connectivity index (χ1) is 9.79. The van der Waals surface area contributed by atoms with Gasteiger partial charge in [-0.15, -0.1) is 0 Å². The summed E-state index contributed by atoms with van der Waals surface area (Å²) in [7, 11) is -0.577. The lowest BCUT2D eigenvalue weighted by Gasteiger charge is -2.08. The summed E-state index contributed by atoms with van der Waals surface area (Å²) in [6.45, 7) is 2.42. The van der Waals surface area contributed by atoms with E-state index >= 15 is 0 Å². The SMILES string of the molecule is Cc1cc(Br)cc(NCc2ccc(S(=O)(=O)N(C)C)o2)c1. The molecule has 0 spiro atoms. The van der Waals surface area contributed by atoms with E-state index in [0.717, 1.165) is 20.0 Å². The van der Waals surface area contributed by atoms with E-state index in [1.807, 2.05) is 25.1 Å². The van der Waals surface area contributed by atoms with Crippen LogP contribution >= 0.6 is 15.9 Å². The van der Waals surface area contributed by atoms with Crippen molar-refractivity contribution in [1.82, 2.24) is 4.31 Å². The molecular formula is C14H17BrN2O3S. The van der Waals surface area contributed by atoms with Gasteiger partial charge in [0.05, 0.1) is 6.54 Å². The average molecular weight is 373 g/mol. The van der Waals surface area contributed by atoms with Gasteiger partial charge in [0.1, 0.15) is 5.76 Å². The maximum absolute atomic E-state index is 11.9. The molecule has 0 aliphatic heterocycles. The predicted molar refractivity (Wildman–Crippen MR) is 85.8 cm³/mol. The number of halogens is 1. The van der Waals surface area contributed by atoms with Gasteiger partial charge in [0.25, 0.3) is 10.0 Å². The number of nitrogens with zero attached hydrogens (tertiary/aromatic N) is 1. The van der Waals surface area contributed by atoms with Gasteiger partial charge in [0.15, 0.2) is 0 Å². The van der Waals surface area contributed by atoms with Crippen LogP contribution in [0.3, 0.4) is 0 Å².